The van der Waals surface area contributed by atoms with Crippen molar-refractivity contribution < 1.29 is 14.0 Å². The van der Waals surface area contributed by atoms with Crippen LogP contribution < -0.4 is 5.32 Å². The maximum atomic E-state index is 12.2. The Hall–Kier alpha value is -2.08. The summed E-state index contributed by atoms with van der Waals surface area (Å²) in [7, 11) is 0. The van der Waals surface area contributed by atoms with E-state index in [1.165, 1.54) is 37.5 Å². The van der Waals surface area contributed by atoms with Crippen molar-refractivity contribution in [3.8, 4) is 0 Å². The van der Waals surface area contributed by atoms with E-state index in [2.05, 4.69) is 16.3 Å². The van der Waals surface area contributed by atoms with Crippen molar-refractivity contribution >= 4 is 11.8 Å². The van der Waals surface area contributed by atoms with Gasteiger partial charge >= 0.3 is 0 Å². The average molecular weight is 359 g/mol. The Balaban J connectivity index is 1.29. The summed E-state index contributed by atoms with van der Waals surface area (Å²) in [5, 5.41) is 3.03. The Bertz CT molecular complexity index is 616. The number of carbonyl (C=O) groups excluding carboxylic acids is 2. The fourth-order valence-corrected chi connectivity index (χ4v) is 3.57. The number of furan rings is 1. The Morgan fingerprint density at radius 1 is 1.15 bits per heavy atom. The van der Waals surface area contributed by atoms with Crippen molar-refractivity contribution in [1.82, 2.24) is 15.1 Å². The highest BCUT2D eigenvalue weighted by Gasteiger charge is 2.23. The van der Waals surface area contributed by atoms with Crippen LogP contribution in [-0.4, -0.2) is 60.9 Å². The lowest BCUT2D eigenvalue weighted by molar-refractivity contribution is -0.121. The maximum Gasteiger partial charge on any atom is 0.289 e. The Morgan fingerprint density at radius 2 is 2.00 bits per heavy atom. The lowest BCUT2D eigenvalue weighted by Gasteiger charge is -2.34. The molecular formula is C20H29N3O3. The first-order valence-corrected chi connectivity index (χ1v) is 9.72. The van der Waals surface area contributed by atoms with Gasteiger partial charge in [0.15, 0.2) is 5.76 Å². The van der Waals surface area contributed by atoms with Gasteiger partial charge in [0, 0.05) is 45.7 Å². The van der Waals surface area contributed by atoms with E-state index in [9.17, 15) is 9.59 Å². The molecule has 0 spiro atoms. The second kappa shape index (κ2) is 9.57. The second-order valence-corrected chi connectivity index (χ2v) is 7.07. The lowest BCUT2D eigenvalue weighted by atomic mass is 9.97. The third-order valence-electron chi connectivity index (χ3n) is 5.20. The molecule has 2 heterocycles. The summed E-state index contributed by atoms with van der Waals surface area (Å²) in [4.78, 5) is 28.3. The Morgan fingerprint density at radius 3 is 2.69 bits per heavy atom. The van der Waals surface area contributed by atoms with Crippen molar-refractivity contribution in [3.63, 3.8) is 0 Å². The summed E-state index contributed by atoms with van der Waals surface area (Å²) in [6.07, 6.45) is 10.3. The average Bonchev–Trinajstić information content (AvgIpc) is 3.22. The monoisotopic (exact) mass is 359 g/mol. The number of allylic oxidation sites excluding steroid dienone is 1. The van der Waals surface area contributed by atoms with Crippen LogP contribution in [0.1, 0.15) is 49.1 Å². The van der Waals surface area contributed by atoms with Gasteiger partial charge in [-0.3, -0.25) is 14.5 Å². The van der Waals surface area contributed by atoms with Gasteiger partial charge in [0.25, 0.3) is 5.91 Å². The predicted molar refractivity (Wildman–Crippen MR) is 99.8 cm³/mol. The standard InChI is InChI=1S/C20H29N3O3/c24-19(21-10-8-17-5-2-1-3-6-17)9-11-22-12-14-23(15-13-22)20(25)18-7-4-16-26-18/h4-5,7,16H,1-3,6,8-15H2,(H,21,24). The number of nitrogens with zero attached hydrogens (tertiary/aromatic N) is 2. The quantitative estimate of drug-likeness (QED) is 0.760. The van der Waals surface area contributed by atoms with E-state index in [1.54, 1.807) is 12.1 Å². The minimum absolute atomic E-state index is 0.0515. The van der Waals surface area contributed by atoms with Crippen molar-refractivity contribution in [2.75, 3.05) is 39.3 Å². The topological polar surface area (TPSA) is 65.8 Å². The zero-order valence-electron chi connectivity index (χ0n) is 15.4. The molecular weight excluding hydrogens is 330 g/mol. The van der Waals surface area contributed by atoms with Gasteiger partial charge in [0.1, 0.15) is 0 Å². The molecule has 0 radical (unpaired) electrons. The molecule has 142 valence electrons. The molecule has 1 aromatic heterocycles. The molecule has 1 aliphatic carbocycles. The smallest absolute Gasteiger partial charge is 0.289 e. The molecule has 1 saturated heterocycles. The van der Waals surface area contributed by atoms with E-state index < -0.39 is 0 Å². The molecule has 0 atom stereocenters. The zero-order chi connectivity index (χ0) is 18.2. The summed E-state index contributed by atoms with van der Waals surface area (Å²) in [5.74, 6) is 0.464. The van der Waals surface area contributed by atoms with E-state index in [4.69, 9.17) is 4.42 Å². The van der Waals surface area contributed by atoms with Crippen molar-refractivity contribution in [2.24, 2.45) is 0 Å². The lowest BCUT2D eigenvalue weighted by Crippen LogP contribution is -2.49. The molecule has 1 N–H and O–H groups in total. The normalized spacial score (nSPS) is 18.5. The molecule has 0 bridgehead atoms. The molecule has 1 aliphatic heterocycles. The van der Waals surface area contributed by atoms with Gasteiger partial charge in [-0.05, 0) is 44.2 Å². The maximum absolute atomic E-state index is 12.2. The van der Waals surface area contributed by atoms with Crippen LogP contribution in [0.4, 0.5) is 0 Å². The highest BCUT2D eigenvalue weighted by Crippen LogP contribution is 2.19. The molecule has 1 aromatic rings. The summed E-state index contributed by atoms with van der Waals surface area (Å²) in [5.41, 5.74) is 1.49. The summed E-state index contributed by atoms with van der Waals surface area (Å²) in [6.45, 7) is 4.44. The second-order valence-electron chi connectivity index (χ2n) is 7.07. The van der Waals surface area contributed by atoms with Gasteiger partial charge in [0.2, 0.25) is 5.91 Å². The third kappa shape index (κ3) is 5.46. The van der Waals surface area contributed by atoms with Crippen molar-refractivity contribution in [2.45, 2.75) is 38.5 Å². The number of carbonyl (C=O) groups is 2. The number of hydrogen-bond donors (Lipinski definition) is 1. The first kappa shape index (κ1) is 18.7. The molecule has 26 heavy (non-hydrogen) atoms. The molecule has 0 saturated carbocycles. The number of amides is 2. The first-order chi connectivity index (χ1) is 12.7. The SMILES string of the molecule is O=C(CCN1CCN(C(=O)c2ccco2)CC1)NCCC1=CCCCC1. The molecule has 0 aromatic carbocycles. The van der Waals surface area contributed by atoms with Crippen LogP contribution in [0.5, 0.6) is 0 Å². The number of piperazine rings is 1. The van der Waals surface area contributed by atoms with Crippen LogP contribution in [0.25, 0.3) is 0 Å². The van der Waals surface area contributed by atoms with Gasteiger partial charge in [-0.15, -0.1) is 0 Å². The minimum atomic E-state index is -0.0515. The first-order valence-electron chi connectivity index (χ1n) is 9.72. The highest BCUT2D eigenvalue weighted by atomic mass is 16.3. The van der Waals surface area contributed by atoms with Crippen molar-refractivity contribution in [3.05, 3.63) is 35.8 Å². The molecule has 6 heteroatoms. The van der Waals surface area contributed by atoms with E-state index in [0.717, 1.165) is 32.6 Å². The fraction of sp³-hybridized carbons (Fsp3) is 0.600. The molecule has 2 amide bonds. The van der Waals surface area contributed by atoms with Crippen molar-refractivity contribution in [1.29, 1.82) is 0 Å². The van der Waals surface area contributed by atoms with Crippen LogP contribution in [0.15, 0.2) is 34.5 Å². The Kier molecular flexibility index (Phi) is 6.89. The Labute approximate surface area is 155 Å². The van der Waals surface area contributed by atoms with Crippen LogP contribution in [0, 0.1) is 0 Å². The highest BCUT2D eigenvalue weighted by molar-refractivity contribution is 5.91. The van der Waals surface area contributed by atoms with Crippen LogP contribution >= 0.6 is 0 Å². The fourth-order valence-electron chi connectivity index (χ4n) is 3.57. The number of rotatable bonds is 7. The minimum Gasteiger partial charge on any atom is -0.459 e. The van der Waals surface area contributed by atoms with Gasteiger partial charge in [-0.1, -0.05) is 11.6 Å². The molecule has 2 aliphatic rings. The van der Waals surface area contributed by atoms with Gasteiger partial charge in [-0.25, -0.2) is 0 Å². The van der Waals surface area contributed by atoms with Gasteiger partial charge in [-0.2, -0.15) is 0 Å². The molecule has 1 fully saturated rings. The van der Waals surface area contributed by atoms with Gasteiger partial charge < -0.3 is 14.6 Å². The number of hydrogen-bond acceptors (Lipinski definition) is 4. The van der Waals surface area contributed by atoms with Crippen LogP contribution in [-0.2, 0) is 4.79 Å². The van der Waals surface area contributed by atoms with E-state index in [1.807, 2.05) is 4.90 Å². The third-order valence-corrected chi connectivity index (χ3v) is 5.20. The van der Waals surface area contributed by atoms with Gasteiger partial charge in [0.05, 0.1) is 6.26 Å². The van der Waals surface area contributed by atoms with Crippen LogP contribution in [0.3, 0.4) is 0 Å². The molecule has 0 unspecified atom stereocenters. The molecule has 3 rings (SSSR count). The van der Waals surface area contributed by atoms with Crippen LogP contribution in [0.2, 0.25) is 0 Å². The summed E-state index contributed by atoms with van der Waals surface area (Å²) >= 11 is 0. The van der Waals surface area contributed by atoms with E-state index in [-0.39, 0.29) is 11.8 Å². The zero-order valence-corrected chi connectivity index (χ0v) is 15.4. The summed E-state index contributed by atoms with van der Waals surface area (Å²) in [6, 6.07) is 3.43. The summed E-state index contributed by atoms with van der Waals surface area (Å²) < 4.78 is 5.17. The number of nitrogens with one attached hydrogen (secondary N) is 1. The van der Waals surface area contributed by atoms with E-state index >= 15 is 0 Å². The predicted octanol–water partition coefficient (Wildman–Crippen LogP) is 2.43. The largest absolute Gasteiger partial charge is 0.459 e. The molecule has 6 nitrogen and oxygen atoms in total. The van der Waals surface area contributed by atoms with E-state index in [0.29, 0.717) is 25.3 Å².